The zero-order chi connectivity index (χ0) is 11.5. The first kappa shape index (κ1) is 10.8. The first-order chi connectivity index (χ1) is 7.70. The number of hydrogen-bond donors (Lipinski definition) is 1. The lowest BCUT2D eigenvalue weighted by Gasteiger charge is -2.01. The standard InChI is InChI=1S/C12H15N3O/c1-9(2)15-7-12(13-14-15)11-5-3-10(8-16)4-6-11/h3-7,9,16H,8H2,1-2H3. The Morgan fingerprint density at radius 3 is 2.44 bits per heavy atom. The smallest absolute Gasteiger partial charge is 0.113 e. The van der Waals surface area contributed by atoms with Crippen molar-refractivity contribution < 1.29 is 5.11 Å². The van der Waals surface area contributed by atoms with Crippen LogP contribution in [-0.4, -0.2) is 20.1 Å². The molecule has 1 heterocycles. The van der Waals surface area contributed by atoms with E-state index in [0.717, 1.165) is 16.8 Å². The van der Waals surface area contributed by atoms with Crippen molar-refractivity contribution in [3.8, 4) is 11.3 Å². The molecular weight excluding hydrogens is 202 g/mol. The average Bonchev–Trinajstić information content (AvgIpc) is 2.78. The minimum atomic E-state index is 0.0684. The zero-order valence-corrected chi connectivity index (χ0v) is 9.46. The molecule has 16 heavy (non-hydrogen) atoms. The number of nitrogens with zero attached hydrogens (tertiary/aromatic N) is 3. The summed E-state index contributed by atoms with van der Waals surface area (Å²) in [7, 11) is 0. The topological polar surface area (TPSA) is 50.9 Å². The molecule has 0 amide bonds. The number of aliphatic hydroxyl groups is 1. The summed E-state index contributed by atoms with van der Waals surface area (Å²) in [6, 6.07) is 7.99. The summed E-state index contributed by atoms with van der Waals surface area (Å²) in [4.78, 5) is 0. The van der Waals surface area contributed by atoms with Gasteiger partial charge in [-0.15, -0.1) is 5.10 Å². The molecule has 0 aliphatic carbocycles. The van der Waals surface area contributed by atoms with Gasteiger partial charge < -0.3 is 5.11 Å². The van der Waals surface area contributed by atoms with Crippen LogP contribution in [0.2, 0.25) is 0 Å². The van der Waals surface area contributed by atoms with Crippen molar-refractivity contribution in [2.24, 2.45) is 0 Å². The summed E-state index contributed by atoms with van der Waals surface area (Å²) in [5.41, 5.74) is 2.78. The first-order valence-corrected chi connectivity index (χ1v) is 5.32. The van der Waals surface area contributed by atoms with E-state index in [-0.39, 0.29) is 6.61 Å². The summed E-state index contributed by atoms with van der Waals surface area (Å²) >= 11 is 0. The summed E-state index contributed by atoms with van der Waals surface area (Å²) in [6.45, 7) is 4.19. The normalized spacial score (nSPS) is 11.0. The van der Waals surface area contributed by atoms with Crippen molar-refractivity contribution in [2.45, 2.75) is 26.5 Å². The van der Waals surface area contributed by atoms with E-state index in [2.05, 4.69) is 24.2 Å². The molecule has 0 bridgehead atoms. The van der Waals surface area contributed by atoms with Crippen LogP contribution in [0.5, 0.6) is 0 Å². The first-order valence-electron chi connectivity index (χ1n) is 5.32. The minimum Gasteiger partial charge on any atom is -0.392 e. The van der Waals surface area contributed by atoms with Crippen molar-refractivity contribution in [3.63, 3.8) is 0 Å². The molecule has 1 aromatic heterocycles. The number of aliphatic hydroxyl groups excluding tert-OH is 1. The summed E-state index contributed by atoms with van der Waals surface area (Å²) < 4.78 is 1.83. The third-order valence-corrected chi connectivity index (χ3v) is 2.47. The molecule has 0 saturated carbocycles. The number of hydrogen-bond acceptors (Lipinski definition) is 3. The molecule has 4 heteroatoms. The van der Waals surface area contributed by atoms with Crippen LogP contribution in [0, 0.1) is 0 Å². The second-order valence-electron chi connectivity index (χ2n) is 4.03. The summed E-state index contributed by atoms with van der Waals surface area (Å²) in [6.07, 6.45) is 1.93. The molecule has 0 atom stereocenters. The molecule has 1 N–H and O–H groups in total. The van der Waals surface area contributed by atoms with Crippen LogP contribution in [0.15, 0.2) is 30.5 Å². The maximum atomic E-state index is 8.94. The summed E-state index contributed by atoms with van der Waals surface area (Å²) in [5, 5.41) is 17.1. The van der Waals surface area contributed by atoms with Crippen LogP contribution in [0.3, 0.4) is 0 Å². The van der Waals surface area contributed by atoms with Crippen molar-refractivity contribution in [2.75, 3.05) is 0 Å². The highest BCUT2D eigenvalue weighted by Gasteiger charge is 2.05. The Hall–Kier alpha value is -1.68. The Kier molecular flexibility index (Phi) is 3.01. The van der Waals surface area contributed by atoms with Gasteiger partial charge in [-0.3, -0.25) is 0 Å². The van der Waals surface area contributed by atoms with E-state index >= 15 is 0 Å². The van der Waals surface area contributed by atoms with Crippen LogP contribution in [-0.2, 0) is 6.61 Å². The van der Waals surface area contributed by atoms with Gasteiger partial charge in [-0.05, 0) is 19.4 Å². The van der Waals surface area contributed by atoms with Gasteiger partial charge in [0.05, 0.1) is 12.8 Å². The van der Waals surface area contributed by atoms with E-state index in [1.165, 1.54) is 0 Å². The molecule has 0 saturated heterocycles. The molecule has 4 nitrogen and oxygen atoms in total. The Morgan fingerprint density at radius 1 is 1.25 bits per heavy atom. The van der Waals surface area contributed by atoms with Gasteiger partial charge in [0.15, 0.2) is 0 Å². The number of rotatable bonds is 3. The Bertz CT molecular complexity index is 459. The van der Waals surface area contributed by atoms with E-state index in [0.29, 0.717) is 6.04 Å². The van der Waals surface area contributed by atoms with Crippen molar-refractivity contribution in [1.82, 2.24) is 15.0 Å². The van der Waals surface area contributed by atoms with Crippen LogP contribution >= 0.6 is 0 Å². The Labute approximate surface area is 94.5 Å². The van der Waals surface area contributed by atoms with Crippen LogP contribution in [0.4, 0.5) is 0 Å². The van der Waals surface area contributed by atoms with Gasteiger partial charge in [-0.25, -0.2) is 4.68 Å². The van der Waals surface area contributed by atoms with Gasteiger partial charge in [0.2, 0.25) is 0 Å². The molecule has 2 rings (SSSR count). The predicted molar refractivity (Wildman–Crippen MR) is 61.8 cm³/mol. The third-order valence-electron chi connectivity index (χ3n) is 2.47. The summed E-state index contributed by atoms with van der Waals surface area (Å²) in [5.74, 6) is 0. The molecule has 84 valence electrons. The maximum Gasteiger partial charge on any atom is 0.113 e. The van der Waals surface area contributed by atoms with E-state index in [1.54, 1.807) is 0 Å². The highest BCUT2D eigenvalue weighted by atomic mass is 16.3. The second kappa shape index (κ2) is 4.45. The van der Waals surface area contributed by atoms with Crippen molar-refractivity contribution in [1.29, 1.82) is 0 Å². The number of aromatic nitrogens is 3. The third kappa shape index (κ3) is 2.12. The molecule has 0 spiro atoms. The van der Waals surface area contributed by atoms with Gasteiger partial charge in [0.25, 0.3) is 0 Å². The maximum absolute atomic E-state index is 8.94. The Morgan fingerprint density at radius 2 is 1.94 bits per heavy atom. The molecule has 0 radical (unpaired) electrons. The monoisotopic (exact) mass is 217 g/mol. The SMILES string of the molecule is CC(C)n1cc(-c2ccc(CO)cc2)nn1. The molecule has 0 fully saturated rings. The predicted octanol–water partition coefficient (Wildman–Crippen LogP) is 2.02. The quantitative estimate of drug-likeness (QED) is 0.855. The van der Waals surface area contributed by atoms with Gasteiger partial charge in [0.1, 0.15) is 5.69 Å². The van der Waals surface area contributed by atoms with Gasteiger partial charge in [-0.1, -0.05) is 29.5 Å². The molecule has 0 aliphatic rings. The van der Waals surface area contributed by atoms with Crippen molar-refractivity contribution in [3.05, 3.63) is 36.0 Å². The molecule has 2 aromatic rings. The molecule has 1 aromatic carbocycles. The Balaban J connectivity index is 2.28. The van der Waals surface area contributed by atoms with Gasteiger partial charge >= 0.3 is 0 Å². The van der Waals surface area contributed by atoms with E-state index in [1.807, 2.05) is 35.1 Å². The van der Waals surface area contributed by atoms with Crippen LogP contribution in [0.1, 0.15) is 25.5 Å². The lowest BCUT2D eigenvalue weighted by Crippen LogP contribution is -2.00. The fourth-order valence-corrected chi connectivity index (χ4v) is 1.44. The van der Waals surface area contributed by atoms with Crippen LogP contribution in [0.25, 0.3) is 11.3 Å². The van der Waals surface area contributed by atoms with Crippen molar-refractivity contribution >= 4 is 0 Å². The van der Waals surface area contributed by atoms with E-state index in [4.69, 9.17) is 5.11 Å². The zero-order valence-electron chi connectivity index (χ0n) is 9.46. The average molecular weight is 217 g/mol. The highest BCUT2D eigenvalue weighted by Crippen LogP contribution is 2.17. The minimum absolute atomic E-state index is 0.0684. The van der Waals surface area contributed by atoms with Gasteiger partial charge in [-0.2, -0.15) is 0 Å². The lowest BCUT2D eigenvalue weighted by atomic mass is 10.1. The lowest BCUT2D eigenvalue weighted by molar-refractivity contribution is 0.282. The van der Waals surface area contributed by atoms with Gasteiger partial charge in [0, 0.05) is 11.6 Å². The van der Waals surface area contributed by atoms with E-state index in [9.17, 15) is 0 Å². The second-order valence-corrected chi connectivity index (χ2v) is 4.03. The molecule has 0 aliphatic heterocycles. The van der Waals surface area contributed by atoms with E-state index < -0.39 is 0 Å². The molecule has 0 unspecified atom stereocenters. The highest BCUT2D eigenvalue weighted by molar-refractivity contribution is 5.57. The number of benzene rings is 1. The fraction of sp³-hybridized carbons (Fsp3) is 0.333. The van der Waals surface area contributed by atoms with Crippen LogP contribution < -0.4 is 0 Å². The largest absolute Gasteiger partial charge is 0.392 e. The fourth-order valence-electron chi connectivity index (χ4n) is 1.44. The molecular formula is C12H15N3O.